The largest absolute Gasteiger partial charge is 0.411 e. The van der Waals surface area contributed by atoms with Crippen molar-refractivity contribution in [1.82, 2.24) is 9.88 Å². The number of rotatable bonds is 8. The number of aromatic nitrogens is 1. The van der Waals surface area contributed by atoms with E-state index in [9.17, 15) is 18.0 Å². The van der Waals surface area contributed by atoms with Crippen molar-refractivity contribution in [2.24, 2.45) is 0 Å². The molecule has 1 aromatic heterocycles. The van der Waals surface area contributed by atoms with Gasteiger partial charge < -0.3 is 9.64 Å². The minimum Gasteiger partial charge on any atom is -0.372 e. The molecule has 120 valence electrons. The zero-order chi connectivity index (χ0) is 16.4. The zero-order valence-corrected chi connectivity index (χ0v) is 11.8. The topological polar surface area (TPSA) is 66.2 Å². The SMILES string of the molecule is N#CCCN(Cc1cccnc1)C(=O)CCOCC(F)(F)F. The molecule has 22 heavy (non-hydrogen) atoms. The van der Waals surface area contributed by atoms with Crippen LogP contribution in [0.5, 0.6) is 0 Å². The van der Waals surface area contributed by atoms with Crippen molar-refractivity contribution >= 4 is 5.91 Å². The lowest BCUT2D eigenvalue weighted by Crippen LogP contribution is -2.32. The molecule has 1 aromatic rings. The van der Waals surface area contributed by atoms with E-state index >= 15 is 0 Å². The normalized spacial score (nSPS) is 11.0. The molecule has 0 atom stereocenters. The fraction of sp³-hybridized carbons (Fsp3) is 0.500. The summed E-state index contributed by atoms with van der Waals surface area (Å²) in [5.41, 5.74) is 0.782. The summed E-state index contributed by atoms with van der Waals surface area (Å²) in [6.07, 6.45) is -1.24. The maximum absolute atomic E-state index is 12.0. The van der Waals surface area contributed by atoms with Crippen molar-refractivity contribution in [3.8, 4) is 6.07 Å². The molecule has 0 unspecified atom stereocenters. The van der Waals surface area contributed by atoms with Gasteiger partial charge in [-0.15, -0.1) is 0 Å². The van der Waals surface area contributed by atoms with Crippen LogP contribution in [0.15, 0.2) is 24.5 Å². The summed E-state index contributed by atoms with van der Waals surface area (Å²) in [5.74, 6) is -0.360. The van der Waals surface area contributed by atoms with Crippen molar-refractivity contribution in [3.63, 3.8) is 0 Å². The van der Waals surface area contributed by atoms with Gasteiger partial charge >= 0.3 is 6.18 Å². The van der Waals surface area contributed by atoms with Gasteiger partial charge in [0.25, 0.3) is 0 Å². The Kier molecular flexibility index (Phi) is 7.32. The van der Waals surface area contributed by atoms with E-state index in [1.807, 2.05) is 6.07 Å². The molecule has 0 aliphatic rings. The van der Waals surface area contributed by atoms with Crippen LogP contribution in [0.4, 0.5) is 13.2 Å². The molecule has 0 saturated carbocycles. The van der Waals surface area contributed by atoms with Gasteiger partial charge in [0.15, 0.2) is 0 Å². The molecule has 0 saturated heterocycles. The van der Waals surface area contributed by atoms with Gasteiger partial charge in [-0.2, -0.15) is 18.4 Å². The Morgan fingerprint density at radius 3 is 2.82 bits per heavy atom. The number of pyridine rings is 1. The molecule has 0 bridgehead atoms. The molecule has 0 aliphatic heterocycles. The molecule has 0 aromatic carbocycles. The average molecular weight is 315 g/mol. The van der Waals surface area contributed by atoms with E-state index in [2.05, 4.69) is 9.72 Å². The summed E-state index contributed by atoms with van der Waals surface area (Å²) in [6, 6.07) is 5.43. The molecule has 0 radical (unpaired) electrons. The van der Waals surface area contributed by atoms with Crippen molar-refractivity contribution in [3.05, 3.63) is 30.1 Å². The molecule has 0 aliphatic carbocycles. The van der Waals surface area contributed by atoms with Gasteiger partial charge in [-0.1, -0.05) is 6.07 Å². The van der Waals surface area contributed by atoms with Crippen LogP contribution in [-0.2, 0) is 16.1 Å². The lowest BCUT2D eigenvalue weighted by Gasteiger charge is -2.21. The predicted octanol–water partition coefficient (Wildman–Crippen LogP) is 2.29. The summed E-state index contributed by atoms with van der Waals surface area (Å²) in [7, 11) is 0. The first-order chi connectivity index (χ1) is 10.4. The second-order valence-electron chi connectivity index (χ2n) is 4.50. The van der Waals surface area contributed by atoms with Crippen LogP contribution < -0.4 is 0 Å². The predicted molar refractivity (Wildman–Crippen MR) is 71.4 cm³/mol. The Balaban J connectivity index is 2.48. The summed E-state index contributed by atoms with van der Waals surface area (Å²) >= 11 is 0. The molecule has 0 N–H and O–H groups in total. The van der Waals surface area contributed by atoms with E-state index in [1.165, 1.54) is 4.90 Å². The number of halogens is 3. The standard InChI is InChI=1S/C14H16F3N3O2/c15-14(16,17)11-22-8-4-13(21)20(7-2-5-18)10-12-3-1-6-19-9-12/h1,3,6,9H,2,4,7-8,10-11H2. The number of nitriles is 1. The monoisotopic (exact) mass is 315 g/mol. The lowest BCUT2D eigenvalue weighted by atomic mass is 10.2. The van der Waals surface area contributed by atoms with Gasteiger partial charge in [0.1, 0.15) is 6.61 Å². The smallest absolute Gasteiger partial charge is 0.372 e. The van der Waals surface area contributed by atoms with E-state index in [4.69, 9.17) is 5.26 Å². The molecule has 1 rings (SSSR count). The summed E-state index contributed by atoms with van der Waals surface area (Å²) < 4.78 is 40.2. The number of nitrogens with zero attached hydrogens (tertiary/aromatic N) is 3. The zero-order valence-electron chi connectivity index (χ0n) is 11.8. The highest BCUT2D eigenvalue weighted by Gasteiger charge is 2.27. The summed E-state index contributed by atoms with van der Waals surface area (Å²) in [5, 5.41) is 8.62. The van der Waals surface area contributed by atoms with Gasteiger partial charge in [-0.25, -0.2) is 0 Å². The molecule has 1 amide bonds. The fourth-order valence-corrected chi connectivity index (χ4v) is 1.69. The van der Waals surface area contributed by atoms with Crippen molar-refractivity contribution in [2.75, 3.05) is 19.8 Å². The van der Waals surface area contributed by atoms with Crippen LogP contribution >= 0.6 is 0 Å². The minimum absolute atomic E-state index is 0.148. The van der Waals surface area contributed by atoms with Crippen LogP contribution in [0.25, 0.3) is 0 Å². The first kappa shape index (κ1) is 17.9. The number of carbonyl (C=O) groups is 1. The molecule has 0 spiro atoms. The van der Waals surface area contributed by atoms with Crippen LogP contribution in [0.1, 0.15) is 18.4 Å². The van der Waals surface area contributed by atoms with E-state index in [0.29, 0.717) is 0 Å². The Bertz CT molecular complexity index is 500. The molecule has 8 heteroatoms. The van der Waals surface area contributed by atoms with E-state index in [1.54, 1.807) is 24.5 Å². The number of hydrogen-bond donors (Lipinski definition) is 0. The van der Waals surface area contributed by atoms with E-state index in [-0.39, 0.29) is 38.4 Å². The third-order valence-electron chi connectivity index (χ3n) is 2.67. The number of amides is 1. The third kappa shape index (κ3) is 7.59. The van der Waals surface area contributed by atoms with Gasteiger partial charge in [0.05, 0.1) is 25.5 Å². The molecular weight excluding hydrogens is 299 g/mol. The van der Waals surface area contributed by atoms with Crippen LogP contribution in [0.3, 0.4) is 0 Å². The van der Waals surface area contributed by atoms with Crippen LogP contribution in [0.2, 0.25) is 0 Å². The van der Waals surface area contributed by atoms with E-state index < -0.39 is 12.8 Å². The summed E-state index contributed by atoms with van der Waals surface area (Å²) in [4.78, 5) is 17.4. The Morgan fingerprint density at radius 2 is 2.23 bits per heavy atom. The second kappa shape index (κ2) is 9.00. The molecule has 0 fully saturated rings. The van der Waals surface area contributed by atoms with Crippen molar-refractivity contribution < 1.29 is 22.7 Å². The van der Waals surface area contributed by atoms with Gasteiger partial charge in [-0.05, 0) is 11.6 Å². The van der Waals surface area contributed by atoms with Gasteiger partial charge in [0, 0.05) is 25.5 Å². The Hall–Kier alpha value is -2.14. The van der Waals surface area contributed by atoms with Gasteiger partial charge in [0.2, 0.25) is 5.91 Å². The first-order valence-electron chi connectivity index (χ1n) is 6.60. The molecule has 1 heterocycles. The quantitative estimate of drug-likeness (QED) is 0.690. The van der Waals surface area contributed by atoms with Crippen LogP contribution in [-0.4, -0.2) is 41.7 Å². The second-order valence-corrected chi connectivity index (χ2v) is 4.50. The number of hydrogen-bond acceptors (Lipinski definition) is 4. The first-order valence-corrected chi connectivity index (χ1v) is 6.60. The summed E-state index contributed by atoms with van der Waals surface area (Å²) in [6.45, 7) is -1.22. The van der Waals surface area contributed by atoms with E-state index in [0.717, 1.165) is 5.56 Å². The molecular formula is C14H16F3N3O2. The highest BCUT2D eigenvalue weighted by atomic mass is 19.4. The highest BCUT2D eigenvalue weighted by molar-refractivity contribution is 5.76. The van der Waals surface area contributed by atoms with Crippen molar-refractivity contribution in [2.45, 2.75) is 25.6 Å². The number of alkyl halides is 3. The lowest BCUT2D eigenvalue weighted by molar-refractivity contribution is -0.175. The maximum atomic E-state index is 12.0. The Labute approximate surface area is 126 Å². The van der Waals surface area contributed by atoms with Crippen molar-refractivity contribution in [1.29, 1.82) is 5.26 Å². The minimum atomic E-state index is -4.40. The highest BCUT2D eigenvalue weighted by Crippen LogP contribution is 2.14. The van der Waals surface area contributed by atoms with Crippen LogP contribution in [0, 0.1) is 11.3 Å². The van der Waals surface area contributed by atoms with Gasteiger partial charge in [-0.3, -0.25) is 9.78 Å². The fourth-order valence-electron chi connectivity index (χ4n) is 1.69. The molecule has 5 nitrogen and oxygen atoms in total. The number of ether oxygens (including phenoxy) is 1. The third-order valence-corrected chi connectivity index (χ3v) is 2.67. The number of carbonyl (C=O) groups excluding carboxylic acids is 1. The average Bonchev–Trinajstić information content (AvgIpc) is 2.48. The Morgan fingerprint density at radius 1 is 1.45 bits per heavy atom. The maximum Gasteiger partial charge on any atom is 0.411 e.